The fourth-order valence-corrected chi connectivity index (χ4v) is 2.88. The quantitative estimate of drug-likeness (QED) is 0.792. The zero-order valence-electron chi connectivity index (χ0n) is 13.0. The predicted octanol–water partition coefficient (Wildman–Crippen LogP) is 3.77. The lowest BCUT2D eigenvalue weighted by molar-refractivity contribution is 0.0943. The molecule has 1 aromatic heterocycles. The van der Waals surface area contributed by atoms with Gasteiger partial charge in [0.1, 0.15) is 11.4 Å². The maximum absolute atomic E-state index is 12.5. The van der Waals surface area contributed by atoms with Gasteiger partial charge in [-0.1, -0.05) is 35.9 Å². The smallest absolute Gasteiger partial charge is 0.268 e. The van der Waals surface area contributed by atoms with Crippen LogP contribution in [0.1, 0.15) is 16.1 Å². The Morgan fingerprint density at radius 1 is 1.22 bits per heavy atom. The number of nitrogens with zero attached hydrogens (tertiary/aromatic N) is 1. The van der Waals surface area contributed by atoms with E-state index in [-0.39, 0.29) is 5.91 Å². The van der Waals surface area contributed by atoms with Gasteiger partial charge in [-0.2, -0.15) is 0 Å². The Hall–Kier alpha value is -2.46. The Bertz CT molecular complexity index is 871. The second-order valence-corrected chi connectivity index (χ2v) is 5.66. The predicted molar refractivity (Wildman–Crippen MR) is 92.1 cm³/mol. The van der Waals surface area contributed by atoms with Crippen molar-refractivity contribution >= 4 is 28.4 Å². The Morgan fingerprint density at radius 2 is 2.00 bits per heavy atom. The molecule has 0 bridgehead atoms. The van der Waals surface area contributed by atoms with Crippen molar-refractivity contribution in [2.24, 2.45) is 7.05 Å². The molecule has 0 saturated heterocycles. The molecule has 0 spiro atoms. The van der Waals surface area contributed by atoms with Gasteiger partial charge in [0.15, 0.2) is 0 Å². The molecule has 1 heterocycles. The molecular formula is C18H17ClN2O2. The topological polar surface area (TPSA) is 43.3 Å². The number of para-hydroxylation sites is 1. The summed E-state index contributed by atoms with van der Waals surface area (Å²) in [6.45, 7) is 0.401. The third kappa shape index (κ3) is 2.90. The zero-order chi connectivity index (χ0) is 16.4. The van der Waals surface area contributed by atoms with Gasteiger partial charge in [0.25, 0.3) is 5.91 Å². The highest BCUT2D eigenvalue weighted by Gasteiger charge is 2.15. The van der Waals surface area contributed by atoms with Crippen molar-refractivity contribution in [3.63, 3.8) is 0 Å². The van der Waals surface area contributed by atoms with Crippen LogP contribution in [-0.4, -0.2) is 17.6 Å². The van der Waals surface area contributed by atoms with Crippen LogP contribution in [0.3, 0.4) is 0 Å². The third-order valence-electron chi connectivity index (χ3n) is 3.90. The van der Waals surface area contributed by atoms with Crippen LogP contribution in [-0.2, 0) is 13.6 Å². The SMILES string of the molecule is COc1ccccc1CNC(=O)c1cc2c(Cl)cccc2n1C. The zero-order valence-corrected chi connectivity index (χ0v) is 13.7. The summed E-state index contributed by atoms with van der Waals surface area (Å²) in [4.78, 5) is 12.5. The van der Waals surface area contributed by atoms with Gasteiger partial charge in [-0.05, 0) is 24.3 Å². The second-order valence-electron chi connectivity index (χ2n) is 5.26. The van der Waals surface area contributed by atoms with E-state index in [1.165, 1.54) is 0 Å². The molecule has 0 atom stereocenters. The van der Waals surface area contributed by atoms with Crippen molar-refractivity contribution in [1.82, 2.24) is 9.88 Å². The van der Waals surface area contributed by atoms with Gasteiger partial charge in [-0.15, -0.1) is 0 Å². The molecule has 3 aromatic rings. The highest BCUT2D eigenvalue weighted by molar-refractivity contribution is 6.35. The van der Waals surface area contributed by atoms with Crippen molar-refractivity contribution in [3.8, 4) is 5.75 Å². The summed E-state index contributed by atoms with van der Waals surface area (Å²) in [7, 11) is 3.48. The van der Waals surface area contributed by atoms with E-state index in [9.17, 15) is 4.79 Å². The molecule has 0 unspecified atom stereocenters. The largest absolute Gasteiger partial charge is 0.496 e. The number of carbonyl (C=O) groups is 1. The van der Waals surface area contributed by atoms with E-state index in [0.717, 1.165) is 22.2 Å². The number of halogens is 1. The summed E-state index contributed by atoms with van der Waals surface area (Å²) in [6, 6.07) is 15.1. The molecule has 0 saturated carbocycles. The summed E-state index contributed by atoms with van der Waals surface area (Å²) in [6.07, 6.45) is 0. The van der Waals surface area contributed by atoms with E-state index in [4.69, 9.17) is 16.3 Å². The van der Waals surface area contributed by atoms with Crippen molar-refractivity contribution in [3.05, 3.63) is 64.8 Å². The molecule has 4 nitrogen and oxygen atoms in total. The van der Waals surface area contributed by atoms with E-state index in [0.29, 0.717) is 17.3 Å². The number of hydrogen-bond acceptors (Lipinski definition) is 2. The number of ether oxygens (including phenoxy) is 1. The number of carbonyl (C=O) groups excluding carboxylic acids is 1. The van der Waals surface area contributed by atoms with Crippen LogP contribution >= 0.6 is 11.6 Å². The molecular weight excluding hydrogens is 312 g/mol. The van der Waals surface area contributed by atoms with Crippen LogP contribution < -0.4 is 10.1 Å². The van der Waals surface area contributed by atoms with Crippen LogP contribution in [0.4, 0.5) is 0 Å². The first-order valence-corrected chi connectivity index (χ1v) is 7.63. The van der Waals surface area contributed by atoms with E-state index in [2.05, 4.69) is 5.32 Å². The normalized spacial score (nSPS) is 10.7. The first kappa shape index (κ1) is 15.4. The Kier molecular flexibility index (Phi) is 4.26. The van der Waals surface area contributed by atoms with Gasteiger partial charge in [-0.3, -0.25) is 4.79 Å². The number of amides is 1. The molecule has 1 N–H and O–H groups in total. The van der Waals surface area contributed by atoms with E-state index in [1.54, 1.807) is 7.11 Å². The van der Waals surface area contributed by atoms with Crippen molar-refractivity contribution in [1.29, 1.82) is 0 Å². The first-order valence-electron chi connectivity index (χ1n) is 7.26. The molecule has 118 valence electrons. The Morgan fingerprint density at radius 3 is 2.74 bits per heavy atom. The summed E-state index contributed by atoms with van der Waals surface area (Å²) in [5.74, 6) is 0.610. The van der Waals surface area contributed by atoms with Gasteiger partial charge in [0.2, 0.25) is 0 Å². The van der Waals surface area contributed by atoms with Crippen molar-refractivity contribution in [2.75, 3.05) is 7.11 Å². The van der Waals surface area contributed by atoms with Crippen molar-refractivity contribution < 1.29 is 9.53 Å². The minimum absolute atomic E-state index is 0.148. The molecule has 0 aliphatic rings. The molecule has 5 heteroatoms. The van der Waals surface area contributed by atoms with E-state index >= 15 is 0 Å². The van der Waals surface area contributed by atoms with Crippen LogP contribution in [0, 0.1) is 0 Å². The average molecular weight is 329 g/mol. The minimum atomic E-state index is -0.148. The molecule has 1 amide bonds. The molecule has 3 rings (SSSR count). The Balaban J connectivity index is 1.84. The van der Waals surface area contributed by atoms with Gasteiger partial charge < -0.3 is 14.6 Å². The van der Waals surface area contributed by atoms with Crippen molar-refractivity contribution in [2.45, 2.75) is 6.54 Å². The summed E-state index contributed by atoms with van der Waals surface area (Å²) in [5.41, 5.74) is 2.43. The monoisotopic (exact) mass is 328 g/mol. The number of benzene rings is 2. The maximum atomic E-state index is 12.5. The molecule has 0 aliphatic heterocycles. The number of hydrogen-bond donors (Lipinski definition) is 1. The van der Waals surface area contributed by atoms with Gasteiger partial charge in [0.05, 0.1) is 7.11 Å². The van der Waals surface area contributed by atoms with Crippen LogP contribution in [0.25, 0.3) is 10.9 Å². The highest BCUT2D eigenvalue weighted by Crippen LogP contribution is 2.26. The lowest BCUT2D eigenvalue weighted by Gasteiger charge is -2.10. The van der Waals surface area contributed by atoms with E-state index < -0.39 is 0 Å². The number of rotatable bonds is 4. The lowest BCUT2D eigenvalue weighted by Crippen LogP contribution is -2.25. The van der Waals surface area contributed by atoms with Gasteiger partial charge >= 0.3 is 0 Å². The maximum Gasteiger partial charge on any atom is 0.268 e. The van der Waals surface area contributed by atoms with Crippen LogP contribution in [0.2, 0.25) is 5.02 Å². The standard InChI is InChI=1S/C18H17ClN2O2/c1-21-15-8-5-7-14(19)13(15)10-16(21)18(22)20-11-12-6-3-4-9-17(12)23-2/h3-10H,11H2,1-2H3,(H,20,22). The Labute approximate surface area is 139 Å². The summed E-state index contributed by atoms with van der Waals surface area (Å²) < 4.78 is 7.14. The third-order valence-corrected chi connectivity index (χ3v) is 4.23. The minimum Gasteiger partial charge on any atom is -0.496 e. The fraction of sp³-hybridized carbons (Fsp3) is 0.167. The number of aryl methyl sites for hydroxylation is 1. The van der Waals surface area contributed by atoms with Gasteiger partial charge in [0, 0.05) is 35.1 Å². The number of aromatic nitrogens is 1. The van der Waals surface area contributed by atoms with Gasteiger partial charge in [-0.25, -0.2) is 0 Å². The molecule has 0 fully saturated rings. The number of methoxy groups -OCH3 is 1. The number of fused-ring (bicyclic) bond motifs is 1. The summed E-state index contributed by atoms with van der Waals surface area (Å²) in [5, 5.41) is 4.44. The first-order chi connectivity index (χ1) is 11.1. The average Bonchev–Trinajstić information content (AvgIpc) is 2.91. The summed E-state index contributed by atoms with van der Waals surface area (Å²) >= 11 is 6.20. The van der Waals surface area contributed by atoms with Crippen LogP contribution in [0.15, 0.2) is 48.5 Å². The molecule has 0 radical (unpaired) electrons. The molecule has 2 aromatic carbocycles. The van der Waals surface area contributed by atoms with E-state index in [1.807, 2.05) is 60.1 Å². The highest BCUT2D eigenvalue weighted by atomic mass is 35.5. The lowest BCUT2D eigenvalue weighted by atomic mass is 10.2. The fourth-order valence-electron chi connectivity index (χ4n) is 2.66. The van der Waals surface area contributed by atoms with Crippen LogP contribution in [0.5, 0.6) is 5.75 Å². The molecule has 23 heavy (non-hydrogen) atoms. The number of nitrogens with one attached hydrogen (secondary N) is 1. The second kappa shape index (κ2) is 6.34. The molecule has 0 aliphatic carbocycles.